The molecular formula is C11H13Br3O. The van der Waals surface area contributed by atoms with E-state index in [0.717, 1.165) is 17.9 Å². The second-order valence-electron chi connectivity index (χ2n) is 3.70. The maximum atomic E-state index is 5.74. The van der Waals surface area contributed by atoms with Crippen LogP contribution in [-0.2, 0) is 2.14 Å². The number of hydrogen-bond acceptors (Lipinski definition) is 1. The van der Waals surface area contributed by atoms with Crippen LogP contribution >= 0.6 is 47.8 Å². The first kappa shape index (κ1) is 13.5. The second-order valence-corrected chi connectivity index (χ2v) is 10.5. The zero-order valence-electron chi connectivity index (χ0n) is 8.64. The van der Waals surface area contributed by atoms with E-state index in [2.05, 4.69) is 61.6 Å². The van der Waals surface area contributed by atoms with Gasteiger partial charge in [0.15, 0.2) is 2.14 Å². The number of alkyl halides is 3. The Labute approximate surface area is 116 Å². The van der Waals surface area contributed by atoms with Gasteiger partial charge in [-0.3, -0.25) is 0 Å². The number of benzene rings is 1. The SMILES string of the molecule is CC(C)COc1ccccc1C(Br)(Br)Br. The van der Waals surface area contributed by atoms with Gasteiger partial charge in [0.25, 0.3) is 0 Å². The first-order valence-corrected chi connectivity index (χ1v) is 7.08. The van der Waals surface area contributed by atoms with Gasteiger partial charge < -0.3 is 4.74 Å². The molecule has 0 heterocycles. The highest BCUT2D eigenvalue weighted by Gasteiger charge is 2.24. The molecule has 0 unspecified atom stereocenters. The maximum absolute atomic E-state index is 5.74. The molecule has 0 aliphatic heterocycles. The summed E-state index contributed by atoms with van der Waals surface area (Å²) in [4.78, 5) is 0. The highest BCUT2D eigenvalue weighted by molar-refractivity contribution is 9.38. The summed E-state index contributed by atoms with van der Waals surface area (Å²) in [5.41, 5.74) is 1.03. The fraction of sp³-hybridized carbons (Fsp3) is 0.455. The Bertz CT molecular complexity index is 318. The van der Waals surface area contributed by atoms with Gasteiger partial charge in [-0.1, -0.05) is 79.8 Å². The lowest BCUT2D eigenvalue weighted by Gasteiger charge is -2.18. The van der Waals surface area contributed by atoms with Gasteiger partial charge in [0, 0.05) is 5.56 Å². The molecule has 0 N–H and O–H groups in total. The molecule has 0 amide bonds. The van der Waals surface area contributed by atoms with Gasteiger partial charge in [0.1, 0.15) is 5.75 Å². The van der Waals surface area contributed by atoms with Gasteiger partial charge in [-0.05, 0) is 12.0 Å². The lowest BCUT2D eigenvalue weighted by Crippen LogP contribution is -2.08. The van der Waals surface area contributed by atoms with Crippen LogP contribution in [0.15, 0.2) is 24.3 Å². The van der Waals surface area contributed by atoms with E-state index in [1.54, 1.807) is 0 Å². The van der Waals surface area contributed by atoms with Gasteiger partial charge in [-0.2, -0.15) is 0 Å². The summed E-state index contributed by atoms with van der Waals surface area (Å²) < 4.78 is 5.32. The monoisotopic (exact) mass is 398 g/mol. The van der Waals surface area contributed by atoms with Crippen molar-refractivity contribution in [2.24, 2.45) is 5.92 Å². The van der Waals surface area contributed by atoms with Crippen molar-refractivity contribution in [3.8, 4) is 5.75 Å². The van der Waals surface area contributed by atoms with Gasteiger partial charge >= 0.3 is 0 Å². The first-order chi connectivity index (χ1) is 6.91. The lowest BCUT2D eigenvalue weighted by atomic mass is 10.2. The minimum Gasteiger partial charge on any atom is -0.493 e. The second kappa shape index (κ2) is 5.69. The van der Waals surface area contributed by atoms with E-state index in [-0.39, 0.29) is 0 Å². The van der Waals surface area contributed by atoms with Crippen molar-refractivity contribution in [2.75, 3.05) is 6.61 Å². The fourth-order valence-electron chi connectivity index (χ4n) is 1.08. The van der Waals surface area contributed by atoms with E-state index in [0.29, 0.717) is 5.92 Å². The Balaban J connectivity index is 2.87. The van der Waals surface area contributed by atoms with E-state index in [9.17, 15) is 0 Å². The predicted octanol–water partition coefficient (Wildman–Crippen LogP) is 5.02. The van der Waals surface area contributed by atoms with Crippen LogP contribution in [0.5, 0.6) is 5.75 Å². The Morgan fingerprint density at radius 1 is 1.20 bits per heavy atom. The molecule has 15 heavy (non-hydrogen) atoms. The van der Waals surface area contributed by atoms with Crippen molar-refractivity contribution in [1.82, 2.24) is 0 Å². The van der Waals surface area contributed by atoms with E-state index in [1.165, 1.54) is 0 Å². The third-order valence-electron chi connectivity index (χ3n) is 1.76. The van der Waals surface area contributed by atoms with Gasteiger partial charge in [0.2, 0.25) is 0 Å². The maximum Gasteiger partial charge on any atom is 0.163 e. The number of ether oxygens (including phenoxy) is 1. The molecule has 0 aliphatic rings. The molecule has 0 aliphatic carbocycles. The van der Waals surface area contributed by atoms with Crippen LogP contribution in [0.3, 0.4) is 0 Å². The Morgan fingerprint density at radius 3 is 2.33 bits per heavy atom. The zero-order chi connectivity index (χ0) is 11.5. The highest BCUT2D eigenvalue weighted by atomic mass is 80.0. The molecule has 0 radical (unpaired) electrons. The summed E-state index contributed by atoms with van der Waals surface area (Å²) >= 11 is 10.5. The van der Waals surface area contributed by atoms with Crippen LogP contribution in [0.25, 0.3) is 0 Å². The van der Waals surface area contributed by atoms with Crippen LogP contribution < -0.4 is 4.74 Å². The Morgan fingerprint density at radius 2 is 1.80 bits per heavy atom. The quantitative estimate of drug-likeness (QED) is 0.647. The molecule has 4 heteroatoms. The van der Waals surface area contributed by atoms with Gasteiger partial charge in [-0.15, -0.1) is 0 Å². The van der Waals surface area contributed by atoms with Gasteiger partial charge in [-0.25, -0.2) is 0 Å². The molecule has 0 bridgehead atoms. The first-order valence-electron chi connectivity index (χ1n) is 4.70. The topological polar surface area (TPSA) is 9.23 Å². The normalized spacial score (nSPS) is 11.9. The van der Waals surface area contributed by atoms with E-state index < -0.39 is 2.14 Å². The molecule has 0 fully saturated rings. The minimum atomic E-state index is -0.416. The van der Waals surface area contributed by atoms with Gasteiger partial charge in [0.05, 0.1) is 6.61 Å². The smallest absolute Gasteiger partial charge is 0.163 e. The zero-order valence-corrected chi connectivity index (χ0v) is 13.4. The Kier molecular flexibility index (Phi) is 5.13. The number of hydrogen-bond donors (Lipinski definition) is 0. The standard InChI is InChI=1S/C11H13Br3O/c1-8(2)7-15-10-6-4-3-5-9(10)11(12,13)14/h3-6,8H,7H2,1-2H3. The summed E-state index contributed by atoms with van der Waals surface area (Å²) in [6.07, 6.45) is 0. The van der Waals surface area contributed by atoms with Crippen molar-refractivity contribution >= 4 is 47.8 Å². The van der Waals surface area contributed by atoms with Crippen LogP contribution in [0.4, 0.5) is 0 Å². The average Bonchev–Trinajstić information content (AvgIpc) is 2.13. The fourth-order valence-corrected chi connectivity index (χ4v) is 2.07. The third kappa shape index (κ3) is 4.45. The number of halogens is 3. The summed E-state index contributed by atoms with van der Waals surface area (Å²) in [7, 11) is 0. The van der Waals surface area contributed by atoms with Crippen LogP contribution in [0.2, 0.25) is 0 Å². The van der Waals surface area contributed by atoms with Crippen molar-refractivity contribution in [2.45, 2.75) is 16.0 Å². The molecular weight excluding hydrogens is 388 g/mol. The summed E-state index contributed by atoms with van der Waals surface area (Å²) in [6.45, 7) is 4.98. The largest absolute Gasteiger partial charge is 0.493 e. The van der Waals surface area contributed by atoms with Crippen LogP contribution in [-0.4, -0.2) is 6.61 Å². The average molecular weight is 401 g/mol. The van der Waals surface area contributed by atoms with Crippen molar-refractivity contribution in [1.29, 1.82) is 0 Å². The van der Waals surface area contributed by atoms with Crippen molar-refractivity contribution < 1.29 is 4.74 Å². The predicted molar refractivity (Wildman–Crippen MR) is 75.2 cm³/mol. The Hall–Kier alpha value is 0.460. The van der Waals surface area contributed by atoms with E-state index in [1.807, 2.05) is 24.3 Å². The number of rotatable bonds is 3. The van der Waals surface area contributed by atoms with E-state index >= 15 is 0 Å². The molecule has 1 aromatic carbocycles. The van der Waals surface area contributed by atoms with Crippen molar-refractivity contribution in [3.05, 3.63) is 29.8 Å². The van der Waals surface area contributed by atoms with Crippen molar-refractivity contribution in [3.63, 3.8) is 0 Å². The molecule has 1 nitrogen and oxygen atoms in total. The van der Waals surface area contributed by atoms with E-state index in [4.69, 9.17) is 4.74 Å². The summed E-state index contributed by atoms with van der Waals surface area (Å²) in [5.74, 6) is 1.41. The van der Waals surface area contributed by atoms with Crippen LogP contribution in [0.1, 0.15) is 19.4 Å². The number of para-hydroxylation sites is 1. The van der Waals surface area contributed by atoms with Crippen LogP contribution in [0, 0.1) is 5.92 Å². The molecule has 1 aromatic rings. The molecule has 1 rings (SSSR count). The molecule has 0 aromatic heterocycles. The third-order valence-corrected chi connectivity index (χ3v) is 3.05. The molecule has 0 saturated heterocycles. The molecule has 0 atom stereocenters. The summed E-state index contributed by atoms with van der Waals surface area (Å²) in [6, 6.07) is 7.93. The minimum absolute atomic E-state index is 0.416. The molecule has 0 spiro atoms. The molecule has 0 saturated carbocycles. The highest BCUT2D eigenvalue weighted by Crippen LogP contribution is 2.47. The molecule has 84 valence electrons. The summed E-state index contributed by atoms with van der Waals surface area (Å²) in [5, 5.41) is 0. The lowest BCUT2D eigenvalue weighted by molar-refractivity contribution is 0.269.